The summed E-state index contributed by atoms with van der Waals surface area (Å²) in [5.74, 6) is 1.41. The van der Waals surface area contributed by atoms with Crippen LogP contribution in [0.5, 0.6) is 11.5 Å². The minimum Gasteiger partial charge on any atom is -0.480 e. The molecule has 0 spiro atoms. The topological polar surface area (TPSA) is 18.5 Å². The smallest absolute Gasteiger partial charge is 0.162 e. The van der Waals surface area contributed by atoms with Crippen molar-refractivity contribution >= 4 is 0 Å². The maximum Gasteiger partial charge on any atom is 0.162 e. The summed E-state index contributed by atoms with van der Waals surface area (Å²) < 4.78 is 11.8. The number of para-hydroxylation sites is 2. The van der Waals surface area contributed by atoms with E-state index in [0.717, 1.165) is 0 Å². The largest absolute Gasteiger partial charge is 0.480 e. The molecule has 0 heterocycles. The van der Waals surface area contributed by atoms with Gasteiger partial charge in [-0.3, -0.25) is 0 Å². The van der Waals surface area contributed by atoms with Crippen LogP contribution in [-0.4, -0.2) is 11.2 Å². The first kappa shape index (κ1) is 14.4. The first-order valence-corrected chi connectivity index (χ1v) is 6.04. The molecule has 98 valence electrons. The Balaban J connectivity index is 3.00. The highest BCUT2D eigenvalue weighted by atomic mass is 16.5. The minimum atomic E-state index is -0.433. The lowest BCUT2D eigenvalue weighted by molar-refractivity contribution is 0.125. The minimum absolute atomic E-state index is 0.433. The lowest BCUT2D eigenvalue weighted by Crippen LogP contribution is -2.27. The molecule has 0 saturated carbocycles. The Morgan fingerprint density at radius 1 is 0.833 bits per heavy atom. The van der Waals surface area contributed by atoms with Crippen molar-refractivity contribution in [2.24, 2.45) is 0 Å². The summed E-state index contributed by atoms with van der Waals surface area (Å²) >= 11 is 0. The third-order valence-electron chi connectivity index (χ3n) is 2.58. The van der Waals surface area contributed by atoms with E-state index in [0.29, 0.717) is 11.5 Å². The van der Waals surface area contributed by atoms with Crippen molar-refractivity contribution in [2.45, 2.75) is 38.9 Å². The molecule has 0 N–H and O–H groups in total. The zero-order valence-corrected chi connectivity index (χ0v) is 11.7. The van der Waals surface area contributed by atoms with Crippen LogP contribution in [-0.2, 0) is 0 Å². The average molecular weight is 246 g/mol. The van der Waals surface area contributed by atoms with Crippen LogP contribution in [0.25, 0.3) is 0 Å². The van der Waals surface area contributed by atoms with Crippen molar-refractivity contribution in [2.75, 3.05) is 0 Å². The average Bonchev–Trinajstić information content (AvgIpc) is 2.31. The van der Waals surface area contributed by atoms with Gasteiger partial charge in [0.1, 0.15) is 11.2 Å². The molecule has 0 aliphatic carbocycles. The van der Waals surface area contributed by atoms with Gasteiger partial charge in [0.15, 0.2) is 11.5 Å². The van der Waals surface area contributed by atoms with Crippen molar-refractivity contribution < 1.29 is 9.47 Å². The van der Waals surface area contributed by atoms with Crippen molar-refractivity contribution in [1.29, 1.82) is 0 Å². The molecule has 0 aliphatic rings. The fourth-order valence-corrected chi connectivity index (χ4v) is 1.27. The highest BCUT2D eigenvalue weighted by Gasteiger charge is 2.21. The molecule has 2 nitrogen and oxygen atoms in total. The molecule has 0 amide bonds. The van der Waals surface area contributed by atoms with Crippen LogP contribution in [0, 0.1) is 0 Å². The van der Waals surface area contributed by atoms with Crippen molar-refractivity contribution in [3.8, 4) is 11.5 Å². The first-order chi connectivity index (χ1) is 8.29. The van der Waals surface area contributed by atoms with E-state index < -0.39 is 11.2 Å². The van der Waals surface area contributed by atoms with E-state index in [1.807, 2.05) is 52.0 Å². The van der Waals surface area contributed by atoms with Gasteiger partial charge in [-0.2, -0.15) is 0 Å². The number of rotatable bonds is 6. The Kier molecular flexibility index (Phi) is 4.23. The lowest BCUT2D eigenvalue weighted by Gasteiger charge is -2.27. The van der Waals surface area contributed by atoms with Crippen LogP contribution in [0.4, 0.5) is 0 Å². The fraction of sp³-hybridized carbons (Fsp3) is 0.375. The van der Waals surface area contributed by atoms with Crippen LogP contribution in [0.1, 0.15) is 27.7 Å². The second-order valence-electron chi connectivity index (χ2n) is 5.27. The van der Waals surface area contributed by atoms with Crippen LogP contribution < -0.4 is 9.47 Å². The maximum atomic E-state index is 5.90. The van der Waals surface area contributed by atoms with Gasteiger partial charge in [0.05, 0.1) is 0 Å². The third kappa shape index (κ3) is 3.95. The quantitative estimate of drug-likeness (QED) is 0.694. The van der Waals surface area contributed by atoms with Crippen molar-refractivity contribution in [1.82, 2.24) is 0 Å². The lowest BCUT2D eigenvalue weighted by atomic mass is 10.1. The summed E-state index contributed by atoms with van der Waals surface area (Å²) in [4.78, 5) is 0. The predicted octanol–water partition coefficient (Wildman–Crippen LogP) is 4.37. The van der Waals surface area contributed by atoms with Gasteiger partial charge in [0, 0.05) is 0 Å². The number of benzene rings is 1. The summed E-state index contributed by atoms with van der Waals surface area (Å²) in [6.45, 7) is 15.3. The molecule has 0 saturated heterocycles. The van der Waals surface area contributed by atoms with Crippen molar-refractivity contribution in [3.63, 3.8) is 0 Å². The van der Waals surface area contributed by atoms with Gasteiger partial charge in [-0.15, -0.1) is 0 Å². The van der Waals surface area contributed by atoms with E-state index in [-0.39, 0.29) is 0 Å². The molecule has 0 radical (unpaired) electrons. The molecule has 1 aromatic carbocycles. The Hall–Kier alpha value is -1.70. The highest BCUT2D eigenvalue weighted by molar-refractivity contribution is 5.41. The van der Waals surface area contributed by atoms with Crippen LogP contribution in [0.2, 0.25) is 0 Å². The number of hydrogen-bond donors (Lipinski definition) is 0. The Morgan fingerprint density at radius 3 is 1.44 bits per heavy atom. The van der Waals surface area contributed by atoms with E-state index in [1.165, 1.54) is 0 Å². The molecule has 0 fully saturated rings. The van der Waals surface area contributed by atoms with Crippen LogP contribution >= 0.6 is 0 Å². The molecule has 0 unspecified atom stereocenters. The molecule has 0 aromatic heterocycles. The number of ether oxygens (including phenoxy) is 2. The normalized spacial score (nSPS) is 11.8. The SMILES string of the molecule is C=CC(C)(C)Oc1ccccc1OC(C)(C)C=C. The Labute approximate surface area is 110 Å². The summed E-state index contributed by atoms with van der Waals surface area (Å²) in [5, 5.41) is 0. The van der Waals surface area contributed by atoms with Gasteiger partial charge in [-0.1, -0.05) is 25.3 Å². The van der Waals surface area contributed by atoms with E-state index in [1.54, 1.807) is 12.2 Å². The van der Waals surface area contributed by atoms with Crippen LogP contribution in [0.15, 0.2) is 49.6 Å². The molecule has 1 rings (SSSR count). The third-order valence-corrected chi connectivity index (χ3v) is 2.58. The highest BCUT2D eigenvalue weighted by Crippen LogP contribution is 2.32. The molecule has 0 bridgehead atoms. The van der Waals surface area contributed by atoms with Gasteiger partial charge < -0.3 is 9.47 Å². The fourth-order valence-electron chi connectivity index (χ4n) is 1.27. The van der Waals surface area contributed by atoms with E-state index >= 15 is 0 Å². The van der Waals surface area contributed by atoms with Gasteiger partial charge in [0.2, 0.25) is 0 Å². The van der Waals surface area contributed by atoms with Gasteiger partial charge >= 0.3 is 0 Å². The van der Waals surface area contributed by atoms with Gasteiger partial charge in [0.25, 0.3) is 0 Å². The monoisotopic (exact) mass is 246 g/mol. The molecule has 0 atom stereocenters. The molecular formula is C16H22O2. The maximum absolute atomic E-state index is 5.90. The summed E-state index contributed by atoms with van der Waals surface area (Å²) in [6, 6.07) is 7.62. The second-order valence-corrected chi connectivity index (χ2v) is 5.27. The summed E-state index contributed by atoms with van der Waals surface area (Å²) in [5.41, 5.74) is -0.866. The standard InChI is InChI=1S/C16H22O2/c1-7-15(3,4)17-13-11-9-10-12-14(13)18-16(5,6)8-2/h7-12H,1-2H2,3-6H3. The zero-order chi connectivity index (χ0) is 13.8. The zero-order valence-electron chi connectivity index (χ0n) is 11.7. The molecular weight excluding hydrogens is 224 g/mol. The van der Waals surface area contributed by atoms with Crippen molar-refractivity contribution in [3.05, 3.63) is 49.6 Å². The second kappa shape index (κ2) is 5.30. The van der Waals surface area contributed by atoms with E-state index in [4.69, 9.17) is 9.47 Å². The molecule has 18 heavy (non-hydrogen) atoms. The van der Waals surface area contributed by atoms with Crippen LogP contribution in [0.3, 0.4) is 0 Å². The van der Waals surface area contributed by atoms with Gasteiger partial charge in [-0.05, 0) is 52.0 Å². The van der Waals surface area contributed by atoms with E-state index in [9.17, 15) is 0 Å². The van der Waals surface area contributed by atoms with Gasteiger partial charge in [-0.25, -0.2) is 0 Å². The molecule has 1 aromatic rings. The Bertz CT molecular complexity index is 389. The molecule has 2 heteroatoms. The predicted molar refractivity (Wildman–Crippen MR) is 76.3 cm³/mol. The summed E-state index contributed by atoms with van der Waals surface area (Å²) in [7, 11) is 0. The van der Waals surface area contributed by atoms with E-state index in [2.05, 4.69) is 13.2 Å². The first-order valence-electron chi connectivity index (χ1n) is 6.04. The summed E-state index contributed by atoms with van der Waals surface area (Å²) in [6.07, 6.45) is 3.53. The number of hydrogen-bond acceptors (Lipinski definition) is 2. The molecule has 0 aliphatic heterocycles. The Morgan fingerprint density at radius 2 is 1.17 bits per heavy atom.